The van der Waals surface area contributed by atoms with Crippen molar-refractivity contribution >= 4 is 40.3 Å². The van der Waals surface area contributed by atoms with Gasteiger partial charge in [0.2, 0.25) is 0 Å². The van der Waals surface area contributed by atoms with Crippen molar-refractivity contribution in [1.29, 1.82) is 0 Å². The molecule has 0 aliphatic carbocycles. The van der Waals surface area contributed by atoms with Crippen LogP contribution in [0.2, 0.25) is 0 Å². The Morgan fingerprint density at radius 1 is 1.18 bits per heavy atom. The molecule has 2 N–H and O–H groups in total. The molecule has 3 aromatic rings. The largest absolute Gasteiger partial charge is 0.365 e. The quantitative estimate of drug-likeness (QED) is 0.381. The number of nitrogens with zero attached hydrogens (tertiary/aromatic N) is 2. The van der Waals surface area contributed by atoms with Crippen molar-refractivity contribution in [2.45, 2.75) is 25.7 Å². The highest BCUT2D eigenvalue weighted by molar-refractivity contribution is 7.80. The van der Waals surface area contributed by atoms with Crippen LogP contribution in [0, 0.1) is 6.92 Å². The number of aromatic nitrogens is 1. The number of benzene rings is 2. The molecule has 0 spiro atoms. The van der Waals surface area contributed by atoms with E-state index in [2.05, 4.69) is 51.7 Å². The third kappa shape index (κ3) is 5.76. The molecule has 2 heterocycles. The Morgan fingerprint density at radius 3 is 2.64 bits per heavy atom. The van der Waals surface area contributed by atoms with Gasteiger partial charge in [-0.3, -0.25) is 4.79 Å². The Balaban J connectivity index is 1.40. The number of hydrogen-bond acceptors (Lipinski definition) is 5. The van der Waals surface area contributed by atoms with Crippen molar-refractivity contribution in [3.63, 3.8) is 0 Å². The van der Waals surface area contributed by atoms with E-state index in [1.54, 1.807) is 18.4 Å². The van der Waals surface area contributed by atoms with Crippen molar-refractivity contribution < 1.29 is 9.53 Å². The molecule has 4 rings (SSSR count). The maximum Gasteiger partial charge on any atom is 0.275 e. The molecule has 33 heavy (non-hydrogen) atoms. The van der Waals surface area contributed by atoms with Gasteiger partial charge in [0, 0.05) is 42.7 Å². The number of amides is 1. The summed E-state index contributed by atoms with van der Waals surface area (Å²) in [5.41, 5.74) is 4.51. The van der Waals surface area contributed by atoms with E-state index < -0.39 is 0 Å². The number of para-hydroxylation sites is 1. The zero-order chi connectivity index (χ0) is 23.2. The summed E-state index contributed by atoms with van der Waals surface area (Å²) in [6, 6.07) is 16.2. The first-order chi connectivity index (χ1) is 16.0. The van der Waals surface area contributed by atoms with Crippen LogP contribution in [0.4, 0.5) is 5.69 Å². The van der Waals surface area contributed by atoms with Crippen LogP contribution >= 0.6 is 23.6 Å². The van der Waals surface area contributed by atoms with E-state index in [0.29, 0.717) is 18.3 Å². The molecule has 0 saturated carbocycles. The number of likely N-dealkylation sites (tertiary alicyclic amines) is 1. The zero-order valence-corrected chi connectivity index (χ0v) is 20.5. The minimum atomic E-state index is -0.181. The Kier molecular flexibility index (Phi) is 7.69. The van der Waals surface area contributed by atoms with Crippen molar-refractivity contribution in [2.24, 2.45) is 0 Å². The SMILES string of the molecule is COCNC(=S)N1CCC(c2nc(C(=O)Nc3ccccc3-c3ccc(C)cc3)cs2)CC1. The lowest BCUT2D eigenvalue weighted by atomic mass is 9.98. The van der Waals surface area contributed by atoms with Gasteiger partial charge in [0.1, 0.15) is 12.4 Å². The fraction of sp³-hybridized carbons (Fsp3) is 0.320. The summed E-state index contributed by atoms with van der Waals surface area (Å²) >= 11 is 6.98. The van der Waals surface area contributed by atoms with Gasteiger partial charge in [-0.25, -0.2) is 4.98 Å². The van der Waals surface area contributed by atoms with E-state index in [1.165, 1.54) is 5.56 Å². The van der Waals surface area contributed by atoms with Gasteiger partial charge in [0.05, 0.1) is 5.01 Å². The number of ether oxygens (including phenoxy) is 1. The maximum atomic E-state index is 13.0. The van der Waals surface area contributed by atoms with Gasteiger partial charge >= 0.3 is 0 Å². The minimum Gasteiger partial charge on any atom is -0.365 e. The average molecular weight is 481 g/mol. The van der Waals surface area contributed by atoms with Crippen LogP contribution in [0.5, 0.6) is 0 Å². The van der Waals surface area contributed by atoms with E-state index >= 15 is 0 Å². The molecule has 6 nitrogen and oxygen atoms in total. The molecule has 0 atom stereocenters. The number of carbonyl (C=O) groups is 1. The molecule has 0 bridgehead atoms. The average Bonchev–Trinajstić information content (AvgIpc) is 3.34. The van der Waals surface area contributed by atoms with Crippen LogP contribution in [-0.4, -0.2) is 47.8 Å². The van der Waals surface area contributed by atoms with Crippen LogP contribution < -0.4 is 10.6 Å². The molecular weight excluding hydrogens is 452 g/mol. The fourth-order valence-corrected chi connectivity index (χ4v) is 5.13. The van der Waals surface area contributed by atoms with E-state index in [0.717, 1.165) is 52.9 Å². The number of piperidine rings is 1. The molecule has 1 amide bonds. The van der Waals surface area contributed by atoms with Gasteiger partial charge in [0.15, 0.2) is 5.11 Å². The molecule has 1 aliphatic heterocycles. The number of rotatable bonds is 6. The number of aryl methyl sites for hydroxylation is 1. The summed E-state index contributed by atoms with van der Waals surface area (Å²) < 4.78 is 5.03. The summed E-state index contributed by atoms with van der Waals surface area (Å²) in [4.78, 5) is 19.8. The predicted octanol–water partition coefficient (Wildman–Crippen LogP) is 5.03. The summed E-state index contributed by atoms with van der Waals surface area (Å²) in [6.07, 6.45) is 1.92. The summed E-state index contributed by atoms with van der Waals surface area (Å²) in [5, 5.41) is 9.74. The van der Waals surface area contributed by atoms with E-state index in [4.69, 9.17) is 17.0 Å². The molecule has 2 aromatic carbocycles. The second-order valence-electron chi connectivity index (χ2n) is 8.11. The monoisotopic (exact) mass is 480 g/mol. The number of hydrogen-bond donors (Lipinski definition) is 2. The van der Waals surface area contributed by atoms with Crippen LogP contribution in [0.3, 0.4) is 0 Å². The second kappa shape index (κ2) is 10.9. The van der Waals surface area contributed by atoms with Gasteiger partial charge in [0.25, 0.3) is 5.91 Å². The molecule has 1 fully saturated rings. The topological polar surface area (TPSA) is 66.5 Å². The predicted molar refractivity (Wildman–Crippen MR) is 138 cm³/mol. The first-order valence-corrected chi connectivity index (χ1v) is 12.3. The summed E-state index contributed by atoms with van der Waals surface area (Å²) in [6.45, 7) is 4.21. The highest BCUT2D eigenvalue weighted by Gasteiger charge is 2.25. The molecule has 8 heteroatoms. The minimum absolute atomic E-state index is 0.181. The number of thiocarbonyl (C=S) groups is 1. The standard InChI is InChI=1S/C25H28N4O2S2/c1-17-7-9-18(10-8-17)20-5-3-4-6-21(20)27-23(30)22-15-33-24(28-22)19-11-13-29(14-12-19)25(32)26-16-31-2/h3-10,15,19H,11-14,16H2,1-2H3,(H,26,32)(H,27,30). The second-order valence-corrected chi connectivity index (χ2v) is 9.39. The van der Waals surface area contributed by atoms with Crippen molar-refractivity contribution in [2.75, 3.05) is 32.2 Å². The lowest BCUT2D eigenvalue weighted by Crippen LogP contribution is -2.44. The van der Waals surface area contributed by atoms with Crippen LogP contribution in [0.1, 0.15) is 39.8 Å². The number of methoxy groups -OCH3 is 1. The number of anilines is 1. The normalized spacial score (nSPS) is 14.2. The highest BCUT2D eigenvalue weighted by atomic mass is 32.1. The van der Waals surface area contributed by atoms with E-state index in [-0.39, 0.29) is 5.91 Å². The number of nitrogens with one attached hydrogen (secondary N) is 2. The lowest BCUT2D eigenvalue weighted by molar-refractivity contribution is 0.102. The van der Waals surface area contributed by atoms with Gasteiger partial charge in [-0.2, -0.15) is 0 Å². The third-order valence-corrected chi connectivity index (χ3v) is 7.20. The molecule has 0 radical (unpaired) electrons. The molecule has 1 aromatic heterocycles. The first-order valence-electron chi connectivity index (χ1n) is 11.0. The molecule has 1 aliphatic rings. The van der Waals surface area contributed by atoms with Crippen LogP contribution in [0.15, 0.2) is 53.9 Å². The summed E-state index contributed by atoms with van der Waals surface area (Å²) in [7, 11) is 1.64. The molecule has 0 unspecified atom stereocenters. The van der Waals surface area contributed by atoms with E-state index in [1.807, 2.05) is 29.6 Å². The van der Waals surface area contributed by atoms with Crippen molar-refractivity contribution in [3.8, 4) is 11.1 Å². The highest BCUT2D eigenvalue weighted by Crippen LogP contribution is 2.32. The van der Waals surface area contributed by atoms with Crippen LogP contribution in [-0.2, 0) is 4.74 Å². The Morgan fingerprint density at radius 2 is 1.91 bits per heavy atom. The van der Waals surface area contributed by atoms with Gasteiger partial charge < -0.3 is 20.3 Å². The number of carbonyl (C=O) groups excluding carboxylic acids is 1. The zero-order valence-electron chi connectivity index (χ0n) is 18.8. The van der Waals surface area contributed by atoms with Crippen molar-refractivity contribution in [3.05, 3.63) is 70.2 Å². The Hall–Kier alpha value is -2.81. The van der Waals surface area contributed by atoms with Crippen LogP contribution in [0.25, 0.3) is 11.1 Å². The van der Waals surface area contributed by atoms with Gasteiger partial charge in [-0.1, -0.05) is 48.0 Å². The maximum absolute atomic E-state index is 13.0. The third-order valence-electron chi connectivity index (χ3n) is 5.79. The molecular formula is C25H28N4O2S2. The summed E-state index contributed by atoms with van der Waals surface area (Å²) in [5.74, 6) is 0.164. The Labute approximate surface area is 204 Å². The molecule has 172 valence electrons. The smallest absolute Gasteiger partial charge is 0.275 e. The van der Waals surface area contributed by atoms with Gasteiger partial charge in [-0.15, -0.1) is 11.3 Å². The number of thiazole rings is 1. The Bertz CT molecular complexity index is 1110. The molecule has 1 saturated heterocycles. The lowest BCUT2D eigenvalue weighted by Gasteiger charge is -2.33. The van der Waals surface area contributed by atoms with Gasteiger partial charge in [-0.05, 0) is 43.6 Å². The first kappa shape index (κ1) is 23.4. The fourth-order valence-electron chi connectivity index (χ4n) is 3.92. The van der Waals surface area contributed by atoms with Crippen molar-refractivity contribution in [1.82, 2.24) is 15.2 Å². The van der Waals surface area contributed by atoms with E-state index in [9.17, 15) is 4.79 Å².